The van der Waals surface area contributed by atoms with Crippen molar-refractivity contribution >= 4 is 24.8 Å². The molecule has 0 N–H and O–H groups in total. The van der Waals surface area contributed by atoms with Gasteiger partial charge in [-0.2, -0.15) is 0 Å². The standard InChI is InChI=1S/C19H34N.2ClH.Ti/c1-10-18(4,5)16-13-12-15(14(3)20(8)9)17(16)19(6,7)11-2;;;/h14H,10-12H2,1-9H3;2*1H;. The van der Waals surface area contributed by atoms with Gasteiger partial charge in [0.05, 0.1) is 0 Å². The van der Waals surface area contributed by atoms with E-state index in [0.29, 0.717) is 6.04 Å². The van der Waals surface area contributed by atoms with E-state index in [1.807, 2.05) is 0 Å². The van der Waals surface area contributed by atoms with Crippen molar-refractivity contribution in [2.24, 2.45) is 10.8 Å². The summed E-state index contributed by atoms with van der Waals surface area (Å²) < 4.78 is 1.60. The molecule has 0 saturated heterocycles. The third-order valence-electron chi connectivity index (χ3n) is 5.64. The van der Waals surface area contributed by atoms with Crippen molar-refractivity contribution in [3.8, 4) is 0 Å². The van der Waals surface area contributed by atoms with Crippen LogP contribution in [0.15, 0.2) is 20.6 Å². The van der Waals surface area contributed by atoms with Gasteiger partial charge in [-0.05, 0) is 0 Å². The molecule has 0 aliphatic heterocycles. The fraction of sp³-hybridized carbons (Fsp3) is 0.789. The van der Waals surface area contributed by atoms with Gasteiger partial charge in [-0.15, -0.1) is 24.8 Å². The Balaban J connectivity index is 0. The molecule has 23 heavy (non-hydrogen) atoms. The normalized spacial score (nSPS) is 17.3. The molecule has 1 unspecified atom stereocenters. The predicted molar refractivity (Wildman–Crippen MR) is 104 cm³/mol. The van der Waals surface area contributed by atoms with E-state index in [1.165, 1.54) is 12.8 Å². The SMILES string of the molecule is CCC(C)(C)C1=[C]([Ti])CC(C(C)N(C)C)=C1C(C)(C)CC.Cl.Cl. The van der Waals surface area contributed by atoms with E-state index < -0.39 is 0 Å². The van der Waals surface area contributed by atoms with Crippen LogP contribution in [0.2, 0.25) is 0 Å². The summed E-state index contributed by atoms with van der Waals surface area (Å²) in [5, 5.41) is 0. The Labute approximate surface area is 169 Å². The first-order valence-corrected chi connectivity index (χ1v) is 9.13. The minimum absolute atomic E-state index is 0. The van der Waals surface area contributed by atoms with Gasteiger partial charge in [-0.3, -0.25) is 0 Å². The number of halogens is 2. The summed E-state index contributed by atoms with van der Waals surface area (Å²) in [6.45, 7) is 16.7. The van der Waals surface area contributed by atoms with Crippen LogP contribution in [0.4, 0.5) is 0 Å². The summed E-state index contributed by atoms with van der Waals surface area (Å²) in [7, 11) is 4.40. The molecule has 0 saturated carbocycles. The molecule has 0 aromatic heterocycles. The summed E-state index contributed by atoms with van der Waals surface area (Å²) >= 11 is 2.36. The summed E-state index contributed by atoms with van der Waals surface area (Å²) in [4.78, 5) is 2.36. The minimum Gasteiger partial charge on any atom is -0.147 e. The van der Waals surface area contributed by atoms with Gasteiger partial charge in [0, 0.05) is 0 Å². The Morgan fingerprint density at radius 2 is 1.35 bits per heavy atom. The summed E-state index contributed by atoms with van der Waals surface area (Å²) in [6, 6.07) is 0.519. The molecule has 0 heterocycles. The molecule has 0 fully saturated rings. The zero-order valence-electron chi connectivity index (χ0n) is 16.5. The Kier molecular flexibility index (Phi) is 10.7. The van der Waals surface area contributed by atoms with E-state index in [1.54, 1.807) is 20.6 Å². The third-order valence-corrected chi connectivity index (χ3v) is 6.31. The van der Waals surface area contributed by atoms with E-state index in [9.17, 15) is 0 Å². The monoisotopic (exact) mass is 396 g/mol. The number of rotatable bonds is 6. The molecule has 0 aromatic carbocycles. The quantitative estimate of drug-likeness (QED) is 0.486. The van der Waals surface area contributed by atoms with Crippen molar-refractivity contribution in [1.29, 1.82) is 0 Å². The average molecular weight is 397 g/mol. The number of hydrogen-bond acceptors (Lipinski definition) is 1. The number of nitrogens with zero attached hydrogens (tertiary/aromatic N) is 1. The van der Waals surface area contributed by atoms with Crippen LogP contribution in [0.25, 0.3) is 0 Å². The molecule has 1 rings (SSSR count). The Morgan fingerprint density at radius 1 is 0.957 bits per heavy atom. The van der Waals surface area contributed by atoms with Gasteiger partial charge in [0.2, 0.25) is 0 Å². The zero-order chi connectivity index (χ0) is 16.6. The molecule has 1 aliphatic carbocycles. The first-order valence-electron chi connectivity index (χ1n) is 8.35. The minimum atomic E-state index is 0. The average Bonchev–Trinajstić information content (AvgIpc) is 2.76. The van der Waals surface area contributed by atoms with Crippen molar-refractivity contribution in [2.45, 2.75) is 73.8 Å². The first kappa shape index (κ1) is 26.0. The summed E-state index contributed by atoms with van der Waals surface area (Å²) in [6.07, 6.45) is 3.56. The molecular formula is C19H36Cl2NTi. The maximum Gasteiger partial charge on any atom is -0.147 e. The molecule has 0 bridgehead atoms. The van der Waals surface area contributed by atoms with Crippen molar-refractivity contribution in [3.05, 3.63) is 20.6 Å². The first-order chi connectivity index (χ1) is 9.49. The molecule has 0 amide bonds. The second kappa shape index (κ2) is 9.44. The molecular weight excluding hydrogens is 361 g/mol. The van der Waals surface area contributed by atoms with E-state index >= 15 is 0 Å². The predicted octanol–water partition coefficient (Wildman–Crippen LogP) is 6.15. The molecule has 1 aliphatic rings. The van der Waals surface area contributed by atoms with Crippen LogP contribution in [0, 0.1) is 10.8 Å². The van der Waals surface area contributed by atoms with Gasteiger partial charge in [0.25, 0.3) is 0 Å². The molecule has 4 heteroatoms. The van der Waals surface area contributed by atoms with Crippen LogP contribution in [0.5, 0.6) is 0 Å². The molecule has 0 aromatic rings. The fourth-order valence-corrected chi connectivity index (χ4v) is 4.24. The molecule has 135 valence electrons. The molecule has 1 atom stereocenters. The van der Waals surface area contributed by atoms with Crippen LogP contribution in [0.1, 0.15) is 67.7 Å². The fourth-order valence-electron chi connectivity index (χ4n) is 3.22. The number of allylic oxidation sites excluding steroid dienone is 3. The van der Waals surface area contributed by atoms with Gasteiger partial charge in [0.1, 0.15) is 0 Å². The van der Waals surface area contributed by atoms with Gasteiger partial charge in [-0.1, -0.05) is 0 Å². The molecule has 0 radical (unpaired) electrons. The van der Waals surface area contributed by atoms with E-state index in [0.717, 1.165) is 6.42 Å². The van der Waals surface area contributed by atoms with Crippen molar-refractivity contribution < 1.29 is 20.4 Å². The van der Waals surface area contributed by atoms with E-state index in [-0.39, 0.29) is 35.6 Å². The van der Waals surface area contributed by atoms with Crippen molar-refractivity contribution in [2.75, 3.05) is 14.1 Å². The van der Waals surface area contributed by atoms with Gasteiger partial charge in [-0.25, -0.2) is 0 Å². The van der Waals surface area contributed by atoms with Crippen LogP contribution >= 0.6 is 24.8 Å². The number of likely N-dealkylation sites (N-methyl/N-ethyl adjacent to an activating group) is 1. The maximum atomic E-state index is 2.43. The Bertz CT molecular complexity index is 462. The maximum absolute atomic E-state index is 2.43. The van der Waals surface area contributed by atoms with Gasteiger partial charge in [0.15, 0.2) is 0 Å². The van der Waals surface area contributed by atoms with Crippen LogP contribution < -0.4 is 0 Å². The van der Waals surface area contributed by atoms with Crippen LogP contribution in [0.3, 0.4) is 0 Å². The number of hydrogen-bond donors (Lipinski definition) is 0. The van der Waals surface area contributed by atoms with Crippen LogP contribution in [-0.4, -0.2) is 25.0 Å². The second-order valence-electron chi connectivity index (χ2n) is 8.05. The topological polar surface area (TPSA) is 3.24 Å². The Hall–Kier alpha value is 0.734. The third kappa shape index (κ3) is 5.35. The van der Waals surface area contributed by atoms with E-state index in [2.05, 4.69) is 87.9 Å². The second-order valence-corrected chi connectivity index (χ2v) is 8.99. The van der Waals surface area contributed by atoms with Crippen LogP contribution in [-0.2, 0) is 20.4 Å². The van der Waals surface area contributed by atoms with Gasteiger partial charge >= 0.3 is 145 Å². The Morgan fingerprint density at radius 3 is 1.70 bits per heavy atom. The smallest absolute Gasteiger partial charge is 0.147 e. The largest absolute Gasteiger partial charge is 0.147 e. The van der Waals surface area contributed by atoms with Gasteiger partial charge < -0.3 is 0 Å². The summed E-state index contributed by atoms with van der Waals surface area (Å²) in [5.41, 5.74) is 5.51. The molecule has 0 spiro atoms. The molecule has 1 nitrogen and oxygen atoms in total. The van der Waals surface area contributed by atoms with E-state index in [4.69, 9.17) is 0 Å². The van der Waals surface area contributed by atoms with Crippen molar-refractivity contribution in [1.82, 2.24) is 4.90 Å². The summed E-state index contributed by atoms with van der Waals surface area (Å²) in [5.74, 6) is 0. The zero-order valence-corrected chi connectivity index (χ0v) is 19.7. The van der Waals surface area contributed by atoms with Crippen molar-refractivity contribution in [3.63, 3.8) is 0 Å².